The van der Waals surface area contributed by atoms with Gasteiger partial charge in [-0.1, -0.05) is 19.9 Å². The van der Waals surface area contributed by atoms with E-state index in [9.17, 15) is 4.79 Å². The van der Waals surface area contributed by atoms with Gasteiger partial charge >= 0.3 is 5.97 Å². The van der Waals surface area contributed by atoms with E-state index in [4.69, 9.17) is 4.74 Å². The monoisotopic (exact) mass is 182 g/mol. The molecule has 0 spiro atoms. The Kier molecular flexibility index (Phi) is 2.79. The maximum absolute atomic E-state index is 10.9. The average Bonchev–Trinajstić information content (AvgIpc) is 1.96. The van der Waals surface area contributed by atoms with E-state index in [1.807, 2.05) is 6.92 Å². The van der Waals surface area contributed by atoms with Crippen molar-refractivity contribution in [2.24, 2.45) is 5.41 Å². The number of hydrogen-bond donors (Lipinski definition) is 0. The number of carbonyl (C=O) groups is 1. The summed E-state index contributed by atoms with van der Waals surface area (Å²) >= 11 is 0. The van der Waals surface area contributed by atoms with Gasteiger partial charge in [0.15, 0.2) is 0 Å². The van der Waals surface area contributed by atoms with Gasteiger partial charge in [-0.15, -0.1) is 0 Å². The van der Waals surface area contributed by atoms with Crippen molar-refractivity contribution >= 4 is 5.97 Å². The Balaban J connectivity index is 2.81. The van der Waals surface area contributed by atoms with Crippen molar-refractivity contribution < 1.29 is 9.53 Å². The molecular formula is C11H18O2. The van der Waals surface area contributed by atoms with Gasteiger partial charge in [-0.2, -0.15) is 0 Å². The molecule has 0 amide bonds. The quantitative estimate of drug-likeness (QED) is 0.460. The Labute approximate surface area is 80.0 Å². The molecule has 0 N–H and O–H groups in total. The lowest BCUT2D eigenvalue weighted by atomic mass is 9.75. The molecule has 0 bridgehead atoms. The molecule has 0 fully saturated rings. The summed E-state index contributed by atoms with van der Waals surface area (Å²) < 4.78 is 5.31. The van der Waals surface area contributed by atoms with Crippen LogP contribution in [0.4, 0.5) is 0 Å². The molecule has 0 aromatic rings. The summed E-state index contributed by atoms with van der Waals surface area (Å²) in [4.78, 5) is 10.9. The Morgan fingerprint density at radius 2 is 2.23 bits per heavy atom. The lowest BCUT2D eigenvalue weighted by molar-refractivity contribution is -0.150. The molecule has 0 saturated heterocycles. The molecule has 1 aliphatic rings. The molecule has 1 unspecified atom stereocenters. The first-order valence-corrected chi connectivity index (χ1v) is 4.77. The van der Waals surface area contributed by atoms with Crippen molar-refractivity contribution in [3.63, 3.8) is 0 Å². The Morgan fingerprint density at radius 1 is 1.62 bits per heavy atom. The largest absolute Gasteiger partial charge is 0.457 e. The second kappa shape index (κ2) is 3.52. The summed E-state index contributed by atoms with van der Waals surface area (Å²) in [5.74, 6) is -0.187. The number of allylic oxidation sites excluding steroid dienone is 1. The van der Waals surface area contributed by atoms with Gasteiger partial charge in [0.25, 0.3) is 0 Å². The highest BCUT2D eigenvalue weighted by Gasteiger charge is 2.35. The van der Waals surface area contributed by atoms with E-state index in [1.165, 1.54) is 12.5 Å². The summed E-state index contributed by atoms with van der Waals surface area (Å²) in [6.45, 7) is 7.81. The molecule has 1 rings (SSSR count). The van der Waals surface area contributed by atoms with Crippen LogP contribution in [0.15, 0.2) is 11.6 Å². The van der Waals surface area contributed by atoms with Gasteiger partial charge in [-0.3, -0.25) is 4.79 Å². The van der Waals surface area contributed by atoms with Crippen LogP contribution >= 0.6 is 0 Å². The number of carbonyl (C=O) groups excluding carboxylic acids is 1. The van der Waals surface area contributed by atoms with Gasteiger partial charge in [0, 0.05) is 12.3 Å². The van der Waals surface area contributed by atoms with E-state index in [-0.39, 0.29) is 17.5 Å². The van der Waals surface area contributed by atoms with Gasteiger partial charge in [0.1, 0.15) is 6.10 Å². The summed E-state index contributed by atoms with van der Waals surface area (Å²) in [5, 5.41) is 0. The molecule has 13 heavy (non-hydrogen) atoms. The van der Waals surface area contributed by atoms with E-state index in [0.29, 0.717) is 0 Å². The molecule has 0 aliphatic heterocycles. The van der Waals surface area contributed by atoms with Crippen LogP contribution in [0.25, 0.3) is 0 Å². The predicted octanol–water partition coefficient (Wildman–Crippen LogP) is 2.68. The minimum absolute atomic E-state index is 0.0289. The molecule has 0 aromatic heterocycles. The van der Waals surface area contributed by atoms with E-state index in [0.717, 1.165) is 12.8 Å². The van der Waals surface area contributed by atoms with Gasteiger partial charge in [0.2, 0.25) is 0 Å². The Bertz CT molecular complexity index is 238. The van der Waals surface area contributed by atoms with Gasteiger partial charge in [-0.25, -0.2) is 0 Å². The van der Waals surface area contributed by atoms with Crippen molar-refractivity contribution in [2.75, 3.05) is 0 Å². The average molecular weight is 182 g/mol. The smallest absolute Gasteiger partial charge is 0.303 e. The fraction of sp³-hybridized carbons (Fsp3) is 0.727. The van der Waals surface area contributed by atoms with Crippen LogP contribution in [0.3, 0.4) is 0 Å². The number of rotatable bonds is 1. The van der Waals surface area contributed by atoms with Crippen molar-refractivity contribution in [1.29, 1.82) is 0 Å². The maximum Gasteiger partial charge on any atom is 0.303 e. The third kappa shape index (κ3) is 2.33. The highest BCUT2D eigenvalue weighted by Crippen LogP contribution is 2.37. The maximum atomic E-state index is 10.9. The Morgan fingerprint density at radius 3 is 2.69 bits per heavy atom. The zero-order valence-corrected chi connectivity index (χ0v) is 8.89. The molecule has 1 atom stereocenters. The molecule has 2 nitrogen and oxygen atoms in total. The summed E-state index contributed by atoms with van der Waals surface area (Å²) in [5.41, 5.74) is 1.27. The van der Waals surface area contributed by atoms with Crippen LogP contribution in [-0.4, -0.2) is 12.1 Å². The molecule has 2 heteroatoms. The van der Waals surface area contributed by atoms with Crippen LogP contribution in [0.1, 0.15) is 40.5 Å². The van der Waals surface area contributed by atoms with E-state index >= 15 is 0 Å². The van der Waals surface area contributed by atoms with Gasteiger partial charge < -0.3 is 4.74 Å². The summed E-state index contributed by atoms with van der Waals surface area (Å²) in [6.07, 6.45) is 4.32. The van der Waals surface area contributed by atoms with Crippen LogP contribution in [-0.2, 0) is 9.53 Å². The summed E-state index contributed by atoms with van der Waals surface area (Å²) in [6, 6.07) is 0. The minimum atomic E-state index is -0.187. The van der Waals surface area contributed by atoms with E-state index in [2.05, 4.69) is 19.9 Å². The summed E-state index contributed by atoms with van der Waals surface area (Å²) in [7, 11) is 0. The normalized spacial score (nSPS) is 26.5. The molecule has 0 heterocycles. The van der Waals surface area contributed by atoms with Crippen LogP contribution in [0.2, 0.25) is 0 Å². The molecule has 0 radical (unpaired) electrons. The molecule has 0 saturated carbocycles. The second-order valence-corrected chi connectivity index (χ2v) is 4.46. The predicted molar refractivity (Wildman–Crippen MR) is 52.3 cm³/mol. The molecule has 1 aliphatic carbocycles. The number of esters is 1. The lowest BCUT2D eigenvalue weighted by Gasteiger charge is -2.37. The zero-order chi connectivity index (χ0) is 10.1. The molecule has 74 valence electrons. The van der Waals surface area contributed by atoms with Crippen molar-refractivity contribution in [2.45, 2.75) is 46.6 Å². The second-order valence-electron chi connectivity index (χ2n) is 4.46. The molecular weight excluding hydrogens is 164 g/mol. The highest BCUT2D eigenvalue weighted by molar-refractivity contribution is 5.66. The molecule has 0 aromatic carbocycles. The SMILES string of the molecule is CC(=O)OC1C(C)=CCCC1(C)C. The first kappa shape index (κ1) is 10.3. The highest BCUT2D eigenvalue weighted by atomic mass is 16.5. The van der Waals surface area contributed by atoms with Gasteiger partial charge in [0.05, 0.1) is 0 Å². The van der Waals surface area contributed by atoms with Crippen molar-refractivity contribution in [3.05, 3.63) is 11.6 Å². The van der Waals surface area contributed by atoms with Crippen LogP contribution < -0.4 is 0 Å². The van der Waals surface area contributed by atoms with Crippen molar-refractivity contribution in [3.8, 4) is 0 Å². The lowest BCUT2D eigenvalue weighted by Crippen LogP contribution is -2.36. The van der Waals surface area contributed by atoms with E-state index in [1.54, 1.807) is 0 Å². The first-order valence-electron chi connectivity index (χ1n) is 4.77. The number of hydrogen-bond acceptors (Lipinski definition) is 2. The first-order chi connectivity index (χ1) is 5.93. The fourth-order valence-corrected chi connectivity index (χ4v) is 1.94. The van der Waals surface area contributed by atoms with Crippen LogP contribution in [0.5, 0.6) is 0 Å². The van der Waals surface area contributed by atoms with Crippen molar-refractivity contribution in [1.82, 2.24) is 0 Å². The van der Waals surface area contributed by atoms with Crippen LogP contribution in [0, 0.1) is 5.41 Å². The third-order valence-corrected chi connectivity index (χ3v) is 2.66. The fourth-order valence-electron chi connectivity index (χ4n) is 1.94. The topological polar surface area (TPSA) is 26.3 Å². The third-order valence-electron chi connectivity index (χ3n) is 2.66. The number of ether oxygens (including phenoxy) is 1. The standard InChI is InChI=1S/C11H18O2/c1-8-6-5-7-11(3,4)10(8)13-9(2)12/h6,10H,5,7H2,1-4H3. The Hall–Kier alpha value is -0.790. The zero-order valence-electron chi connectivity index (χ0n) is 8.89. The van der Waals surface area contributed by atoms with Gasteiger partial charge in [-0.05, 0) is 25.3 Å². The minimum Gasteiger partial charge on any atom is -0.457 e. The van der Waals surface area contributed by atoms with E-state index < -0.39 is 0 Å².